The summed E-state index contributed by atoms with van der Waals surface area (Å²) in [5.41, 5.74) is 0. The second kappa shape index (κ2) is 4.45. The van der Waals surface area contributed by atoms with E-state index in [-0.39, 0.29) is 5.78 Å². The van der Waals surface area contributed by atoms with Crippen LogP contribution < -0.4 is 0 Å². The van der Waals surface area contributed by atoms with Gasteiger partial charge in [-0.15, -0.1) is 0 Å². The van der Waals surface area contributed by atoms with Gasteiger partial charge < -0.3 is 5.11 Å². The van der Waals surface area contributed by atoms with Gasteiger partial charge in [-0.1, -0.05) is 20.3 Å². The SMILES string of the molecule is CCC(C)CC(=O)C(C)O. The van der Waals surface area contributed by atoms with Crippen LogP contribution >= 0.6 is 0 Å². The molecule has 0 aliphatic rings. The fraction of sp³-hybridized carbons (Fsp3) is 0.875. The third-order valence-electron chi connectivity index (χ3n) is 1.71. The topological polar surface area (TPSA) is 37.3 Å². The predicted octanol–water partition coefficient (Wildman–Crippen LogP) is 1.37. The van der Waals surface area contributed by atoms with E-state index < -0.39 is 6.10 Å². The monoisotopic (exact) mass is 144 g/mol. The maximum absolute atomic E-state index is 10.9. The van der Waals surface area contributed by atoms with Crippen LogP contribution in [0.2, 0.25) is 0 Å². The van der Waals surface area contributed by atoms with Crippen molar-refractivity contribution in [2.45, 2.75) is 39.7 Å². The Bertz CT molecular complexity index is 108. The van der Waals surface area contributed by atoms with Gasteiger partial charge in [-0.05, 0) is 12.8 Å². The summed E-state index contributed by atoms with van der Waals surface area (Å²) in [7, 11) is 0. The second-order valence-corrected chi connectivity index (χ2v) is 2.86. The Morgan fingerprint density at radius 1 is 1.50 bits per heavy atom. The third-order valence-corrected chi connectivity index (χ3v) is 1.71. The Morgan fingerprint density at radius 3 is 2.30 bits per heavy atom. The molecule has 0 aromatic rings. The average molecular weight is 144 g/mol. The van der Waals surface area contributed by atoms with E-state index in [0.717, 1.165) is 6.42 Å². The number of rotatable bonds is 4. The number of carbonyl (C=O) groups excluding carboxylic acids is 1. The summed E-state index contributed by atoms with van der Waals surface area (Å²) >= 11 is 0. The zero-order chi connectivity index (χ0) is 8.15. The van der Waals surface area contributed by atoms with Crippen molar-refractivity contribution in [2.24, 2.45) is 5.92 Å². The van der Waals surface area contributed by atoms with Crippen molar-refractivity contribution in [1.29, 1.82) is 0 Å². The van der Waals surface area contributed by atoms with E-state index >= 15 is 0 Å². The molecule has 0 amide bonds. The summed E-state index contributed by atoms with van der Waals surface area (Å²) < 4.78 is 0. The van der Waals surface area contributed by atoms with Gasteiger partial charge >= 0.3 is 0 Å². The highest BCUT2D eigenvalue weighted by atomic mass is 16.3. The Labute approximate surface area is 62.2 Å². The van der Waals surface area contributed by atoms with Crippen LogP contribution in [0.4, 0.5) is 0 Å². The number of Topliss-reactive ketones (excluding diaryl/α,β-unsaturated/α-hetero) is 1. The maximum Gasteiger partial charge on any atom is 0.161 e. The molecule has 0 aliphatic heterocycles. The molecule has 0 saturated carbocycles. The van der Waals surface area contributed by atoms with Crippen molar-refractivity contribution in [3.63, 3.8) is 0 Å². The molecule has 0 heterocycles. The van der Waals surface area contributed by atoms with Crippen LogP contribution in [0.15, 0.2) is 0 Å². The average Bonchev–Trinajstić information content (AvgIpc) is 1.87. The summed E-state index contributed by atoms with van der Waals surface area (Å²) in [6, 6.07) is 0. The Hall–Kier alpha value is -0.370. The molecule has 60 valence electrons. The Balaban J connectivity index is 3.57. The first-order chi connectivity index (χ1) is 4.57. The lowest BCUT2D eigenvalue weighted by Crippen LogP contribution is -2.18. The number of hydrogen-bond donors (Lipinski definition) is 1. The largest absolute Gasteiger partial charge is 0.386 e. The summed E-state index contributed by atoms with van der Waals surface area (Å²) in [4.78, 5) is 10.9. The van der Waals surface area contributed by atoms with E-state index in [1.54, 1.807) is 0 Å². The molecule has 0 fully saturated rings. The minimum absolute atomic E-state index is 0.0469. The lowest BCUT2D eigenvalue weighted by Gasteiger charge is -2.07. The van der Waals surface area contributed by atoms with Gasteiger partial charge in [0.25, 0.3) is 0 Å². The normalized spacial score (nSPS) is 16.4. The van der Waals surface area contributed by atoms with Crippen molar-refractivity contribution >= 4 is 5.78 Å². The van der Waals surface area contributed by atoms with E-state index in [4.69, 9.17) is 5.11 Å². The molecule has 0 aromatic carbocycles. The first-order valence-electron chi connectivity index (χ1n) is 3.78. The molecule has 0 aromatic heterocycles. The van der Waals surface area contributed by atoms with Gasteiger partial charge in [0.15, 0.2) is 5.78 Å². The van der Waals surface area contributed by atoms with Gasteiger partial charge in [0.2, 0.25) is 0 Å². The summed E-state index contributed by atoms with van der Waals surface area (Å²) in [6.07, 6.45) is 0.723. The molecular weight excluding hydrogens is 128 g/mol. The molecule has 0 saturated heterocycles. The number of carbonyl (C=O) groups is 1. The number of ketones is 1. The second-order valence-electron chi connectivity index (χ2n) is 2.86. The van der Waals surface area contributed by atoms with Gasteiger partial charge in [-0.2, -0.15) is 0 Å². The third kappa shape index (κ3) is 3.62. The lowest BCUT2D eigenvalue weighted by atomic mass is 10.0. The molecule has 0 bridgehead atoms. The van der Waals surface area contributed by atoms with Gasteiger partial charge in [0.1, 0.15) is 6.10 Å². The zero-order valence-corrected chi connectivity index (χ0v) is 6.92. The van der Waals surface area contributed by atoms with E-state index in [9.17, 15) is 4.79 Å². The Morgan fingerprint density at radius 2 is 2.00 bits per heavy atom. The van der Waals surface area contributed by atoms with E-state index in [0.29, 0.717) is 12.3 Å². The minimum atomic E-state index is -0.783. The quantitative estimate of drug-likeness (QED) is 0.647. The molecule has 0 rings (SSSR count). The van der Waals surface area contributed by atoms with Crippen LogP contribution in [0.1, 0.15) is 33.6 Å². The molecule has 2 nitrogen and oxygen atoms in total. The van der Waals surface area contributed by atoms with Crippen molar-refractivity contribution in [2.75, 3.05) is 0 Å². The highest BCUT2D eigenvalue weighted by molar-refractivity contribution is 5.82. The molecule has 0 aliphatic carbocycles. The van der Waals surface area contributed by atoms with Gasteiger partial charge in [0.05, 0.1) is 0 Å². The smallest absolute Gasteiger partial charge is 0.161 e. The van der Waals surface area contributed by atoms with Gasteiger partial charge in [0, 0.05) is 6.42 Å². The van der Waals surface area contributed by atoms with Crippen LogP contribution in [0.3, 0.4) is 0 Å². The molecule has 2 heteroatoms. The predicted molar refractivity (Wildman–Crippen MR) is 40.8 cm³/mol. The van der Waals surface area contributed by atoms with Crippen molar-refractivity contribution in [1.82, 2.24) is 0 Å². The molecule has 0 spiro atoms. The highest BCUT2D eigenvalue weighted by Crippen LogP contribution is 2.07. The van der Waals surface area contributed by atoms with Crippen molar-refractivity contribution in [3.8, 4) is 0 Å². The molecule has 0 radical (unpaired) electrons. The minimum Gasteiger partial charge on any atom is -0.386 e. The van der Waals surface area contributed by atoms with E-state index in [1.807, 2.05) is 13.8 Å². The lowest BCUT2D eigenvalue weighted by molar-refractivity contribution is -0.127. The highest BCUT2D eigenvalue weighted by Gasteiger charge is 2.11. The molecule has 2 atom stereocenters. The van der Waals surface area contributed by atoms with Gasteiger partial charge in [-0.3, -0.25) is 4.79 Å². The number of hydrogen-bond acceptors (Lipinski definition) is 2. The number of aliphatic hydroxyl groups excluding tert-OH is 1. The standard InChI is InChI=1S/C8H16O2/c1-4-6(2)5-8(10)7(3)9/h6-7,9H,4-5H2,1-3H3. The molecule has 1 N–H and O–H groups in total. The Kier molecular flexibility index (Phi) is 4.28. The summed E-state index contributed by atoms with van der Waals surface area (Å²) in [5, 5.41) is 8.82. The van der Waals surface area contributed by atoms with Crippen molar-refractivity contribution < 1.29 is 9.90 Å². The maximum atomic E-state index is 10.9. The molecule has 10 heavy (non-hydrogen) atoms. The fourth-order valence-electron chi connectivity index (χ4n) is 0.658. The zero-order valence-electron chi connectivity index (χ0n) is 6.92. The van der Waals surface area contributed by atoms with Crippen molar-refractivity contribution in [3.05, 3.63) is 0 Å². The van der Waals surface area contributed by atoms with E-state index in [1.165, 1.54) is 6.92 Å². The van der Waals surface area contributed by atoms with E-state index in [2.05, 4.69) is 0 Å². The number of aliphatic hydroxyl groups is 1. The first-order valence-corrected chi connectivity index (χ1v) is 3.78. The summed E-state index contributed by atoms with van der Waals surface area (Å²) in [6.45, 7) is 5.57. The first kappa shape index (κ1) is 9.63. The van der Waals surface area contributed by atoms with Crippen LogP contribution in [0.25, 0.3) is 0 Å². The van der Waals surface area contributed by atoms with Gasteiger partial charge in [-0.25, -0.2) is 0 Å². The van der Waals surface area contributed by atoms with Crippen LogP contribution in [0.5, 0.6) is 0 Å². The van der Waals surface area contributed by atoms with Crippen LogP contribution in [-0.2, 0) is 4.79 Å². The fourth-order valence-corrected chi connectivity index (χ4v) is 0.658. The van der Waals surface area contributed by atoms with Crippen LogP contribution in [0, 0.1) is 5.92 Å². The molecular formula is C8H16O2. The van der Waals surface area contributed by atoms with Crippen LogP contribution in [-0.4, -0.2) is 17.0 Å². The summed E-state index contributed by atoms with van der Waals surface area (Å²) in [5.74, 6) is 0.358. The molecule has 2 unspecified atom stereocenters.